The van der Waals surface area contributed by atoms with E-state index in [0.29, 0.717) is 18.1 Å². The molecule has 0 aromatic heterocycles. The van der Waals surface area contributed by atoms with Crippen LogP contribution in [0.15, 0.2) is 30.3 Å². The van der Waals surface area contributed by atoms with Gasteiger partial charge in [0.1, 0.15) is 0 Å². The van der Waals surface area contributed by atoms with Gasteiger partial charge in [0, 0.05) is 13.2 Å². The number of methoxy groups -OCH3 is 1. The van der Waals surface area contributed by atoms with Gasteiger partial charge in [-0.1, -0.05) is 30.3 Å². The van der Waals surface area contributed by atoms with Crippen LogP contribution >= 0.6 is 0 Å². The van der Waals surface area contributed by atoms with Gasteiger partial charge in [-0.3, -0.25) is 0 Å². The SMILES string of the molecule is COC[C@@H](Cc1ccccc1)NC[C@@H]1CCS(=O)(=O)C1. The summed E-state index contributed by atoms with van der Waals surface area (Å²) < 4.78 is 28.2. The zero-order chi connectivity index (χ0) is 14.4. The molecular formula is C15H23NO3S. The van der Waals surface area contributed by atoms with Crippen molar-refractivity contribution in [2.45, 2.75) is 18.9 Å². The largest absolute Gasteiger partial charge is 0.383 e. The maximum absolute atomic E-state index is 11.4. The lowest BCUT2D eigenvalue weighted by molar-refractivity contribution is 0.164. The molecule has 20 heavy (non-hydrogen) atoms. The summed E-state index contributed by atoms with van der Waals surface area (Å²) in [6.45, 7) is 1.38. The summed E-state index contributed by atoms with van der Waals surface area (Å²) in [6, 6.07) is 10.5. The predicted molar refractivity (Wildman–Crippen MR) is 80.6 cm³/mol. The maximum atomic E-state index is 11.4. The standard InChI is InChI=1S/C15H23NO3S/c1-19-11-15(9-13-5-3-2-4-6-13)16-10-14-7-8-20(17,18)12-14/h2-6,14-16H,7-12H2,1H3/t14-,15+/m0/s1. The fourth-order valence-electron chi connectivity index (χ4n) is 2.66. The second-order valence-corrected chi connectivity index (χ2v) is 7.75. The van der Waals surface area contributed by atoms with E-state index in [2.05, 4.69) is 17.4 Å². The first-order valence-corrected chi connectivity index (χ1v) is 8.88. The van der Waals surface area contributed by atoms with Crippen LogP contribution in [0, 0.1) is 5.92 Å². The van der Waals surface area contributed by atoms with Crippen molar-refractivity contribution in [3.8, 4) is 0 Å². The fraction of sp³-hybridized carbons (Fsp3) is 0.600. The molecule has 1 aliphatic heterocycles. The first kappa shape index (κ1) is 15.5. The lowest BCUT2D eigenvalue weighted by atomic mass is 10.0. The van der Waals surface area contributed by atoms with Gasteiger partial charge in [-0.15, -0.1) is 0 Å². The summed E-state index contributed by atoms with van der Waals surface area (Å²) in [5, 5.41) is 3.46. The molecule has 1 saturated heterocycles. The molecular weight excluding hydrogens is 274 g/mol. The third-order valence-corrected chi connectivity index (χ3v) is 5.55. The van der Waals surface area contributed by atoms with Gasteiger partial charge in [0.05, 0.1) is 18.1 Å². The molecule has 2 atom stereocenters. The van der Waals surface area contributed by atoms with Crippen LogP contribution in [0.25, 0.3) is 0 Å². The topological polar surface area (TPSA) is 55.4 Å². The third kappa shape index (κ3) is 4.89. The van der Waals surface area contributed by atoms with Crippen LogP contribution in [0.2, 0.25) is 0 Å². The van der Waals surface area contributed by atoms with Crippen molar-refractivity contribution in [3.63, 3.8) is 0 Å². The molecule has 0 bridgehead atoms. The first-order valence-electron chi connectivity index (χ1n) is 7.06. The second-order valence-electron chi connectivity index (χ2n) is 5.52. The minimum absolute atomic E-state index is 0.228. The van der Waals surface area contributed by atoms with E-state index in [9.17, 15) is 8.42 Å². The van der Waals surface area contributed by atoms with Crippen LogP contribution in [0.1, 0.15) is 12.0 Å². The van der Waals surface area contributed by atoms with Crippen molar-refractivity contribution in [1.82, 2.24) is 5.32 Å². The Morgan fingerprint density at radius 1 is 1.35 bits per heavy atom. The number of benzene rings is 1. The van der Waals surface area contributed by atoms with Crippen molar-refractivity contribution in [3.05, 3.63) is 35.9 Å². The van der Waals surface area contributed by atoms with E-state index in [-0.39, 0.29) is 12.0 Å². The maximum Gasteiger partial charge on any atom is 0.150 e. The van der Waals surface area contributed by atoms with Gasteiger partial charge in [-0.05, 0) is 30.9 Å². The number of ether oxygens (including phenoxy) is 1. The van der Waals surface area contributed by atoms with Gasteiger partial charge in [0.2, 0.25) is 0 Å². The Labute approximate surface area is 121 Å². The zero-order valence-corrected chi connectivity index (χ0v) is 12.7. The van der Waals surface area contributed by atoms with Gasteiger partial charge in [0.15, 0.2) is 9.84 Å². The van der Waals surface area contributed by atoms with Gasteiger partial charge in [-0.25, -0.2) is 8.42 Å². The molecule has 0 spiro atoms. The molecule has 0 aliphatic carbocycles. The molecule has 0 unspecified atom stereocenters. The molecule has 0 radical (unpaired) electrons. The molecule has 5 heteroatoms. The van der Waals surface area contributed by atoms with Crippen molar-refractivity contribution >= 4 is 9.84 Å². The quantitative estimate of drug-likeness (QED) is 0.823. The Hall–Kier alpha value is -0.910. The average molecular weight is 297 g/mol. The molecule has 1 aromatic rings. The fourth-order valence-corrected chi connectivity index (χ4v) is 4.52. The normalized spacial score (nSPS) is 22.8. The Bertz CT molecular complexity index is 501. The van der Waals surface area contributed by atoms with Gasteiger partial charge in [0.25, 0.3) is 0 Å². The Balaban J connectivity index is 1.83. The Kier molecular flexibility index (Phi) is 5.57. The summed E-state index contributed by atoms with van der Waals surface area (Å²) in [5.74, 6) is 0.910. The summed E-state index contributed by atoms with van der Waals surface area (Å²) >= 11 is 0. The lowest BCUT2D eigenvalue weighted by Gasteiger charge is -2.20. The van der Waals surface area contributed by atoms with Crippen molar-refractivity contribution in [2.24, 2.45) is 5.92 Å². The lowest BCUT2D eigenvalue weighted by Crippen LogP contribution is -2.38. The van der Waals surface area contributed by atoms with Gasteiger partial charge in [-0.2, -0.15) is 0 Å². The summed E-state index contributed by atoms with van der Waals surface area (Å²) in [7, 11) is -1.09. The van der Waals surface area contributed by atoms with E-state index in [1.807, 2.05) is 18.2 Å². The van der Waals surface area contributed by atoms with Crippen LogP contribution in [0.5, 0.6) is 0 Å². The molecule has 2 rings (SSSR count). The molecule has 1 heterocycles. The van der Waals surface area contributed by atoms with Crippen LogP contribution < -0.4 is 5.32 Å². The Morgan fingerprint density at radius 3 is 2.70 bits per heavy atom. The highest BCUT2D eigenvalue weighted by Gasteiger charge is 2.28. The number of rotatable bonds is 7. The van der Waals surface area contributed by atoms with Crippen molar-refractivity contribution < 1.29 is 13.2 Å². The molecule has 1 N–H and O–H groups in total. The molecule has 1 fully saturated rings. The third-order valence-electron chi connectivity index (χ3n) is 3.71. The van der Waals surface area contributed by atoms with Gasteiger partial charge < -0.3 is 10.1 Å². The Morgan fingerprint density at radius 2 is 2.10 bits per heavy atom. The molecule has 0 amide bonds. The minimum atomic E-state index is -2.79. The molecule has 4 nitrogen and oxygen atoms in total. The van der Waals surface area contributed by atoms with E-state index >= 15 is 0 Å². The van der Waals surface area contributed by atoms with Crippen molar-refractivity contribution in [2.75, 3.05) is 31.8 Å². The van der Waals surface area contributed by atoms with Crippen LogP contribution in [-0.4, -0.2) is 46.2 Å². The smallest absolute Gasteiger partial charge is 0.150 e. The van der Waals surface area contributed by atoms with E-state index in [1.165, 1.54) is 5.56 Å². The van der Waals surface area contributed by atoms with Crippen LogP contribution in [-0.2, 0) is 21.0 Å². The molecule has 0 saturated carbocycles. The molecule has 1 aliphatic rings. The number of hydrogen-bond donors (Lipinski definition) is 1. The first-order chi connectivity index (χ1) is 9.59. The monoisotopic (exact) mass is 297 g/mol. The molecule has 1 aromatic carbocycles. The summed E-state index contributed by atoms with van der Waals surface area (Å²) in [5.41, 5.74) is 1.26. The molecule has 112 valence electrons. The van der Waals surface area contributed by atoms with E-state index < -0.39 is 9.84 Å². The predicted octanol–water partition coefficient (Wildman–Crippen LogP) is 1.27. The minimum Gasteiger partial charge on any atom is -0.383 e. The second kappa shape index (κ2) is 7.20. The number of nitrogens with one attached hydrogen (secondary N) is 1. The van der Waals surface area contributed by atoms with Crippen LogP contribution in [0.3, 0.4) is 0 Å². The van der Waals surface area contributed by atoms with E-state index in [0.717, 1.165) is 19.4 Å². The van der Waals surface area contributed by atoms with Gasteiger partial charge >= 0.3 is 0 Å². The highest BCUT2D eigenvalue weighted by molar-refractivity contribution is 7.91. The highest BCUT2D eigenvalue weighted by atomic mass is 32.2. The number of hydrogen-bond acceptors (Lipinski definition) is 4. The van der Waals surface area contributed by atoms with Crippen LogP contribution in [0.4, 0.5) is 0 Å². The average Bonchev–Trinajstić information content (AvgIpc) is 2.77. The van der Waals surface area contributed by atoms with E-state index in [4.69, 9.17) is 4.74 Å². The summed E-state index contributed by atoms with van der Waals surface area (Å²) in [4.78, 5) is 0. The number of sulfone groups is 1. The van der Waals surface area contributed by atoms with E-state index in [1.54, 1.807) is 7.11 Å². The zero-order valence-electron chi connectivity index (χ0n) is 11.9. The van der Waals surface area contributed by atoms with Crippen molar-refractivity contribution in [1.29, 1.82) is 0 Å². The highest BCUT2D eigenvalue weighted by Crippen LogP contribution is 2.17. The summed E-state index contributed by atoms with van der Waals surface area (Å²) in [6.07, 6.45) is 1.68.